The van der Waals surface area contributed by atoms with Crippen LogP contribution in [0.2, 0.25) is 0 Å². The van der Waals surface area contributed by atoms with Gasteiger partial charge in [0, 0.05) is 43.2 Å². The highest BCUT2D eigenvalue weighted by Gasteiger charge is 2.28. The van der Waals surface area contributed by atoms with E-state index in [-0.39, 0.29) is 0 Å². The lowest BCUT2D eigenvalue weighted by Crippen LogP contribution is -2.50. The first kappa shape index (κ1) is 15.0. The minimum Gasteiger partial charge on any atom is -0.340 e. The monoisotopic (exact) mass is 307 g/mol. The molecule has 2 heterocycles. The Hall–Kier alpha value is -0.940. The number of piperazine rings is 1. The summed E-state index contributed by atoms with van der Waals surface area (Å²) in [6.07, 6.45) is 6.00. The van der Waals surface area contributed by atoms with Crippen molar-refractivity contribution in [2.75, 3.05) is 26.2 Å². The van der Waals surface area contributed by atoms with Crippen molar-refractivity contribution >= 4 is 17.2 Å². The summed E-state index contributed by atoms with van der Waals surface area (Å²) in [6.45, 7) is 6.72. The van der Waals surface area contributed by atoms with Crippen molar-refractivity contribution in [1.29, 1.82) is 0 Å². The lowest BCUT2D eigenvalue weighted by Gasteiger charge is -2.36. The summed E-state index contributed by atoms with van der Waals surface area (Å²) in [5, 5.41) is 3.30. The first-order chi connectivity index (χ1) is 10.2. The minimum absolute atomic E-state index is 0.312. The van der Waals surface area contributed by atoms with Gasteiger partial charge in [-0.2, -0.15) is 0 Å². The van der Waals surface area contributed by atoms with E-state index in [4.69, 9.17) is 0 Å². The number of aryl methyl sites for hydroxylation is 1. The molecule has 1 aliphatic carbocycles. The van der Waals surface area contributed by atoms with E-state index in [0.29, 0.717) is 11.8 Å². The SMILES string of the molecule is Cc1csc(CN2CCN(C(=O)C3CCCCC3)CC2)n1. The van der Waals surface area contributed by atoms with Gasteiger partial charge in [-0.3, -0.25) is 9.69 Å². The fourth-order valence-corrected chi connectivity index (χ4v) is 4.21. The van der Waals surface area contributed by atoms with Gasteiger partial charge in [0.25, 0.3) is 0 Å². The molecule has 1 saturated heterocycles. The average molecular weight is 307 g/mol. The van der Waals surface area contributed by atoms with Gasteiger partial charge in [-0.15, -0.1) is 11.3 Å². The van der Waals surface area contributed by atoms with Crippen LogP contribution >= 0.6 is 11.3 Å². The summed E-state index contributed by atoms with van der Waals surface area (Å²) < 4.78 is 0. The van der Waals surface area contributed by atoms with E-state index in [0.717, 1.165) is 51.3 Å². The number of rotatable bonds is 3. The Balaban J connectivity index is 1.47. The molecule has 4 nitrogen and oxygen atoms in total. The highest BCUT2D eigenvalue weighted by atomic mass is 32.1. The first-order valence-corrected chi connectivity index (χ1v) is 9.02. The zero-order valence-electron chi connectivity index (χ0n) is 12.9. The van der Waals surface area contributed by atoms with Gasteiger partial charge in [-0.05, 0) is 19.8 Å². The number of carbonyl (C=O) groups is 1. The van der Waals surface area contributed by atoms with Crippen LogP contribution in [0.3, 0.4) is 0 Å². The third-order valence-electron chi connectivity index (χ3n) is 4.66. The van der Waals surface area contributed by atoms with Gasteiger partial charge in [-0.1, -0.05) is 19.3 Å². The Morgan fingerprint density at radius 3 is 2.57 bits per heavy atom. The summed E-state index contributed by atoms with van der Waals surface area (Å²) in [7, 11) is 0. The molecule has 2 aliphatic rings. The number of amides is 1. The van der Waals surface area contributed by atoms with Crippen LogP contribution in [0.5, 0.6) is 0 Å². The second-order valence-electron chi connectivity index (χ2n) is 6.32. The van der Waals surface area contributed by atoms with Crippen LogP contribution < -0.4 is 0 Å². The van der Waals surface area contributed by atoms with Crippen LogP contribution in [0.4, 0.5) is 0 Å². The molecule has 1 saturated carbocycles. The number of hydrogen-bond acceptors (Lipinski definition) is 4. The Kier molecular flexibility index (Phi) is 4.91. The van der Waals surface area contributed by atoms with Gasteiger partial charge in [0.05, 0.1) is 6.54 Å². The number of carbonyl (C=O) groups excluding carboxylic acids is 1. The molecule has 0 radical (unpaired) electrons. The van der Waals surface area contributed by atoms with Gasteiger partial charge in [0.15, 0.2) is 0 Å². The van der Waals surface area contributed by atoms with Crippen LogP contribution in [0.1, 0.15) is 42.8 Å². The van der Waals surface area contributed by atoms with E-state index in [2.05, 4.69) is 20.2 Å². The van der Waals surface area contributed by atoms with E-state index < -0.39 is 0 Å². The number of aromatic nitrogens is 1. The zero-order chi connectivity index (χ0) is 14.7. The molecule has 1 amide bonds. The van der Waals surface area contributed by atoms with Gasteiger partial charge in [0.2, 0.25) is 5.91 Å². The fourth-order valence-electron chi connectivity index (χ4n) is 3.40. The second-order valence-corrected chi connectivity index (χ2v) is 7.26. The highest BCUT2D eigenvalue weighted by molar-refractivity contribution is 7.09. The number of hydrogen-bond donors (Lipinski definition) is 0. The molecule has 1 aliphatic heterocycles. The summed E-state index contributed by atoms with van der Waals surface area (Å²) >= 11 is 1.74. The largest absolute Gasteiger partial charge is 0.340 e. The van der Waals surface area contributed by atoms with Crippen LogP contribution in [-0.4, -0.2) is 46.9 Å². The van der Waals surface area contributed by atoms with E-state index in [1.54, 1.807) is 11.3 Å². The van der Waals surface area contributed by atoms with Crippen molar-refractivity contribution in [2.24, 2.45) is 5.92 Å². The fraction of sp³-hybridized carbons (Fsp3) is 0.750. The number of nitrogens with zero attached hydrogens (tertiary/aromatic N) is 3. The van der Waals surface area contributed by atoms with Gasteiger partial charge in [0.1, 0.15) is 5.01 Å². The molecular formula is C16H25N3OS. The molecule has 0 bridgehead atoms. The van der Waals surface area contributed by atoms with Crippen LogP contribution in [0.15, 0.2) is 5.38 Å². The van der Waals surface area contributed by atoms with Crippen molar-refractivity contribution in [1.82, 2.24) is 14.8 Å². The normalized spacial score (nSPS) is 21.7. The van der Waals surface area contributed by atoms with Crippen molar-refractivity contribution < 1.29 is 4.79 Å². The lowest BCUT2D eigenvalue weighted by atomic mass is 9.88. The maximum atomic E-state index is 12.5. The molecule has 21 heavy (non-hydrogen) atoms. The van der Waals surface area contributed by atoms with E-state index in [1.165, 1.54) is 24.3 Å². The van der Waals surface area contributed by atoms with Gasteiger partial charge >= 0.3 is 0 Å². The summed E-state index contributed by atoms with van der Waals surface area (Å²) in [5.41, 5.74) is 1.11. The van der Waals surface area contributed by atoms with Crippen LogP contribution in [0.25, 0.3) is 0 Å². The van der Waals surface area contributed by atoms with Crippen molar-refractivity contribution in [3.05, 3.63) is 16.1 Å². The van der Waals surface area contributed by atoms with Gasteiger partial charge < -0.3 is 4.90 Å². The maximum absolute atomic E-state index is 12.5. The molecule has 1 aromatic heterocycles. The quantitative estimate of drug-likeness (QED) is 0.861. The standard InChI is InChI=1S/C16H25N3OS/c1-13-12-21-15(17-13)11-18-7-9-19(10-8-18)16(20)14-5-3-2-4-6-14/h12,14H,2-11H2,1H3. The molecule has 3 rings (SSSR count). The van der Waals surface area contributed by atoms with Gasteiger partial charge in [-0.25, -0.2) is 4.98 Å². The molecule has 2 fully saturated rings. The van der Waals surface area contributed by atoms with Crippen molar-refractivity contribution in [3.63, 3.8) is 0 Å². The molecule has 0 spiro atoms. The Morgan fingerprint density at radius 2 is 1.95 bits per heavy atom. The Morgan fingerprint density at radius 1 is 1.24 bits per heavy atom. The summed E-state index contributed by atoms with van der Waals surface area (Å²) in [5.74, 6) is 0.728. The smallest absolute Gasteiger partial charge is 0.225 e. The lowest BCUT2D eigenvalue weighted by molar-refractivity contribution is -0.138. The summed E-state index contributed by atoms with van der Waals surface area (Å²) in [6, 6.07) is 0. The number of thiazole rings is 1. The molecule has 0 N–H and O–H groups in total. The predicted molar refractivity (Wildman–Crippen MR) is 85.3 cm³/mol. The van der Waals surface area contributed by atoms with Crippen molar-refractivity contribution in [2.45, 2.75) is 45.6 Å². The molecule has 1 aromatic rings. The van der Waals surface area contributed by atoms with E-state index >= 15 is 0 Å². The van der Waals surface area contributed by atoms with E-state index in [1.807, 2.05) is 6.92 Å². The predicted octanol–water partition coefficient (Wildman–Crippen LogP) is 2.68. The topological polar surface area (TPSA) is 36.4 Å². The molecule has 0 atom stereocenters. The molecular weight excluding hydrogens is 282 g/mol. The van der Waals surface area contributed by atoms with Crippen molar-refractivity contribution in [3.8, 4) is 0 Å². The highest BCUT2D eigenvalue weighted by Crippen LogP contribution is 2.26. The molecule has 5 heteroatoms. The average Bonchev–Trinajstić information content (AvgIpc) is 2.93. The second kappa shape index (κ2) is 6.88. The first-order valence-electron chi connectivity index (χ1n) is 8.14. The third kappa shape index (κ3) is 3.83. The minimum atomic E-state index is 0.312. The summed E-state index contributed by atoms with van der Waals surface area (Å²) in [4.78, 5) is 21.6. The molecule has 0 aromatic carbocycles. The van der Waals surface area contributed by atoms with E-state index in [9.17, 15) is 4.79 Å². The maximum Gasteiger partial charge on any atom is 0.225 e. The molecule has 116 valence electrons. The Labute approximate surface area is 131 Å². The van der Waals surface area contributed by atoms with Crippen LogP contribution in [0, 0.1) is 12.8 Å². The molecule has 0 unspecified atom stereocenters. The Bertz CT molecular complexity index is 474. The third-order valence-corrected chi connectivity index (χ3v) is 5.62. The zero-order valence-corrected chi connectivity index (χ0v) is 13.7. The van der Waals surface area contributed by atoms with Crippen LogP contribution in [-0.2, 0) is 11.3 Å².